The molecule has 11 heavy (non-hydrogen) atoms. The fraction of sp³-hybridized carbons (Fsp3) is 1.00. The van der Waals surface area contributed by atoms with E-state index >= 15 is 0 Å². The van der Waals surface area contributed by atoms with Crippen molar-refractivity contribution in [3.8, 4) is 0 Å². The van der Waals surface area contributed by atoms with Crippen molar-refractivity contribution in [1.29, 1.82) is 0 Å². The highest BCUT2D eigenvalue weighted by atomic mass is 14.9. The highest BCUT2D eigenvalue weighted by molar-refractivity contribution is 5.18. The SMILES string of the molecule is CC1(C)CC1(N)C1CCCC1. The van der Waals surface area contributed by atoms with Gasteiger partial charge in [0.25, 0.3) is 0 Å². The number of hydrogen-bond acceptors (Lipinski definition) is 1. The molecule has 0 heterocycles. The number of nitrogens with two attached hydrogens (primary N) is 1. The first kappa shape index (κ1) is 7.60. The summed E-state index contributed by atoms with van der Waals surface area (Å²) in [5.41, 5.74) is 7.00. The molecule has 64 valence electrons. The summed E-state index contributed by atoms with van der Waals surface area (Å²) in [5.74, 6) is 0.845. The Kier molecular flexibility index (Phi) is 1.39. The van der Waals surface area contributed by atoms with Crippen molar-refractivity contribution in [3.05, 3.63) is 0 Å². The van der Waals surface area contributed by atoms with E-state index in [2.05, 4.69) is 13.8 Å². The third kappa shape index (κ3) is 0.936. The molecule has 0 amide bonds. The molecule has 0 radical (unpaired) electrons. The van der Waals surface area contributed by atoms with Gasteiger partial charge in [0.1, 0.15) is 0 Å². The van der Waals surface area contributed by atoms with E-state index in [1.807, 2.05) is 0 Å². The Morgan fingerprint density at radius 3 is 2.00 bits per heavy atom. The van der Waals surface area contributed by atoms with Gasteiger partial charge in [0.05, 0.1) is 0 Å². The van der Waals surface area contributed by atoms with Gasteiger partial charge in [-0.15, -0.1) is 0 Å². The van der Waals surface area contributed by atoms with E-state index in [0.29, 0.717) is 5.41 Å². The fourth-order valence-corrected chi connectivity index (χ4v) is 2.82. The van der Waals surface area contributed by atoms with Crippen LogP contribution in [0.2, 0.25) is 0 Å². The summed E-state index contributed by atoms with van der Waals surface area (Å²) in [5, 5.41) is 0. The normalized spacial score (nSPS) is 42.8. The van der Waals surface area contributed by atoms with Gasteiger partial charge in [0.15, 0.2) is 0 Å². The highest BCUT2D eigenvalue weighted by Gasteiger charge is 2.62. The molecule has 0 aromatic rings. The predicted octanol–water partition coefficient (Wildman–Crippen LogP) is 2.30. The van der Waals surface area contributed by atoms with Crippen molar-refractivity contribution in [2.75, 3.05) is 0 Å². The van der Waals surface area contributed by atoms with E-state index < -0.39 is 0 Å². The van der Waals surface area contributed by atoms with Gasteiger partial charge in [-0.3, -0.25) is 0 Å². The molecule has 1 nitrogen and oxygen atoms in total. The summed E-state index contributed by atoms with van der Waals surface area (Å²) in [4.78, 5) is 0. The van der Waals surface area contributed by atoms with Crippen LogP contribution in [0.4, 0.5) is 0 Å². The second-order valence-corrected chi connectivity index (χ2v) is 5.08. The second-order valence-electron chi connectivity index (χ2n) is 5.08. The standard InChI is InChI=1S/C10H19N/c1-9(2)7-10(9,11)8-5-3-4-6-8/h8H,3-7,11H2,1-2H3. The summed E-state index contributed by atoms with van der Waals surface area (Å²) in [6, 6.07) is 0. The fourth-order valence-electron chi connectivity index (χ4n) is 2.82. The molecule has 1 unspecified atom stereocenters. The molecular weight excluding hydrogens is 134 g/mol. The third-order valence-electron chi connectivity index (χ3n) is 3.95. The van der Waals surface area contributed by atoms with Crippen LogP contribution < -0.4 is 5.73 Å². The van der Waals surface area contributed by atoms with Crippen LogP contribution in [0.5, 0.6) is 0 Å². The molecule has 0 aliphatic heterocycles. The Morgan fingerprint density at radius 2 is 1.64 bits per heavy atom. The van der Waals surface area contributed by atoms with Crippen LogP contribution in [0.3, 0.4) is 0 Å². The first-order chi connectivity index (χ1) is 5.06. The van der Waals surface area contributed by atoms with Crippen LogP contribution >= 0.6 is 0 Å². The lowest BCUT2D eigenvalue weighted by molar-refractivity contribution is 0.344. The molecule has 2 saturated carbocycles. The van der Waals surface area contributed by atoms with Gasteiger partial charge in [0.2, 0.25) is 0 Å². The lowest BCUT2D eigenvalue weighted by Crippen LogP contribution is -2.35. The zero-order valence-electron chi connectivity index (χ0n) is 7.69. The van der Waals surface area contributed by atoms with Crippen LogP contribution in [-0.4, -0.2) is 5.54 Å². The minimum Gasteiger partial charge on any atom is -0.324 e. The van der Waals surface area contributed by atoms with Gasteiger partial charge in [-0.25, -0.2) is 0 Å². The summed E-state index contributed by atoms with van der Waals surface area (Å²) >= 11 is 0. The van der Waals surface area contributed by atoms with Crippen molar-refractivity contribution in [2.24, 2.45) is 17.1 Å². The molecule has 0 aromatic carbocycles. The molecule has 0 spiro atoms. The Balaban J connectivity index is 2.06. The van der Waals surface area contributed by atoms with Gasteiger partial charge in [-0.1, -0.05) is 26.7 Å². The highest BCUT2D eigenvalue weighted by Crippen LogP contribution is 2.60. The van der Waals surface area contributed by atoms with Crippen LogP contribution in [0.1, 0.15) is 46.0 Å². The summed E-state index contributed by atoms with van der Waals surface area (Å²) < 4.78 is 0. The van der Waals surface area contributed by atoms with E-state index in [4.69, 9.17) is 5.73 Å². The van der Waals surface area contributed by atoms with Crippen molar-refractivity contribution in [2.45, 2.75) is 51.5 Å². The van der Waals surface area contributed by atoms with E-state index in [9.17, 15) is 0 Å². The smallest absolute Gasteiger partial charge is 0.0241 e. The molecule has 0 bridgehead atoms. The summed E-state index contributed by atoms with van der Waals surface area (Å²) in [7, 11) is 0. The van der Waals surface area contributed by atoms with Gasteiger partial charge in [-0.2, -0.15) is 0 Å². The van der Waals surface area contributed by atoms with Crippen molar-refractivity contribution in [3.63, 3.8) is 0 Å². The average Bonchev–Trinajstić information content (AvgIpc) is 2.36. The Bertz CT molecular complexity index is 168. The number of hydrogen-bond donors (Lipinski definition) is 1. The van der Waals surface area contributed by atoms with Gasteiger partial charge < -0.3 is 5.73 Å². The molecule has 2 N–H and O–H groups in total. The molecule has 2 fully saturated rings. The molecule has 1 heteroatoms. The quantitative estimate of drug-likeness (QED) is 0.614. The maximum absolute atomic E-state index is 6.33. The summed E-state index contributed by atoms with van der Waals surface area (Å²) in [6.45, 7) is 4.62. The van der Waals surface area contributed by atoms with E-state index in [1.165, 1.54) is 32.1 Å². The second kappa shape index (κ2) is 2.01. The minimum absolute atomic E-state index is 0.226. The van der Waals surface area contributed by atoms with E-state index in [0.717, 1.165) is 5.92 Å². The van der Waals surface area contributed by atoms with Crippen LogP contribution in [-0.2, 0) is 0 Å². The molecule has 0 saturated heterocycles. The third-order valence-corrected chi connectivity index (χ3v) is 3.95. The first-order valence-corrected chi connectivity index (χ1v) is 4.85. The topological polar surface area (TPSA) is 26.0 Å². The molecule has 0 aromatic heterocycles. The lowest BCUT2D eigenvalue weighted by Gasteiger charge is -2.22. The van der Waals surface area contributed by atoms with Crippen molar-refractivity contribution in [1.82, 2.24) is 0 Å². The predicted molar refractivity (Wildman–Crippen MR) is 47.3 cm³/mol. The number of rotatable bonds is 1. The van der Waals surface area contributed by atoms with E-state index in [1.54, 1.807) is 0 Å². The zero-order chi connectivity index (χ0) is 8.11. The lowest BCUT2D eigenvalue weighted by atomic mass is 9.90. The summed E-state index contributed by atoms with van der Waals surface area (Å²) in [6.07, 6.45) is 6.86. The van der Waals surface area contributed by atoms with Gasteiger partial charge >= 0.3 is 0 Å². The molecule has 1 atom stereocenters. The Hall–Kier alpha value is -0.0400. The monoisotopic (exact) mass is 153 g/mol. The van der Waals surface area contributed by atoms with Crippen LogP contribution in [0, 0.1) is 11.3 Å². The van der Waals surface area contributed by atoms with Crippen molar-refractivity contribution >= 4 is 0 Å². The largest absolute Gasteiger partial charge is 0.324 e. The van der Waals surface area contributed by atoms with E-state index in [-0.39, 0.29) is 5.54 Å². The van der Waals surface area contributed by atoms with Crippen molar-refractivity contribution < 1.29 is 0 Å². The molecule has 2 rings (SSSR count). The minimum atomic E-state index is 0.226. The van der Waals surface area contributed by atoms with Crippen LogP contribution in [0.25, 0.3) is 0 Å². The Labute approximate surface area is 69.4 Å². The van der Waals surface area contributed by atoms with Gasteiger partial charge in [-0.05, 0) is 30.6 Å². The average molecular weight is 153 g/mol. The molecule has 2 aliphatic rings. The maximum atomic E-state index is 6.33. The Morgan fingerprint density at radius 1 is 1.18 bits per heavy atom. The van der Waals surface area contributed by atoms with Gasteiger partial charge in [0, 0.05) is 5.54 Å². The maximum Gasteiger partial charge on any atom is 0.0241 e. The molecule has 2 aliphatic carbocycles. The first-order valence-electron chi connectivity index (χ1n) is 4.85. The molecular formula is C10H19N. The zero-order valence-corrected chi connectivity index (χ0v) is 7.69. The van der Waals surface area contributed by atoms with Crippen LogP contribution in [0.15, 0.2) is 0 Å².